The molecule has 1 fully saturated rings. The van der Waals surface area contributed by atoms with Gasteiger partial charge in [0, 0.05) is 37.5 Å². The Balaban J connectivity index is 1.86. The normalized spacial score (nSPS) is 12.8. The number of nitrogens with one attached hydrogen (secondary N) is 4. The van der Waals surface area contributed by atoms with E-state index in [1.54, 1.807) is 33.0 Å². The molecule has 0 radical (unpaired) electrons. The van der Waals surface area contributed by atoms with Crippen molar-refractivity contribution in [1.82, 2.24) is 19.6 Å². The maximum Gasteiger partial charge on any atom is 0.259 e. The number of rotatable bonds is 9. The van der Waals surface area contributed by atoms with E-state index >= 15 is 0 Å². The van der Waals surface area contributed by atoms with Crippen molar-refractivity contribution in [2.45, 2.75) is 32.7 Å². The highest BCUT2D eigenvalue weighted by molar-refractivity contribution is 7.98. The minimum atomic E-state index is -0.519. The second-order valence-electron chi connectivity index (χ2n) is 8.38. The molecule has 0 unspecified atom stereocenters. The van der Waals surface area contributed by atoms with Crippen molar-refractivity contribution < 1.29 is 13.9 Å². The molecule has 0 aliphatic heterocycles. The topological polar surface area (TPSA) is 109 Å². The molecule has 0 atom stereocenters. The van der Waals surface area contributed by atoms with Crippen molar-refractivity contribution in [2.75, 3.05) is 17.1 Å². The molecule has 12 heteroatoms. The van der Waals surface area contributed by atoms with E-state index in [4.69, 9.17) is 16.3 Å². The lowest BCUT2D eigenvalue weighted by Gasteiger charge is -2.22. The van der Waals surface area contributed by atoms with Gasteiger partial charge in [-0.05, 0) is 51.4 Å². The van der Waals surface area contributed by atoms with Gasteiger partial charge >= 0.3 is 0 Å². The number of carbonyl (C=O) groups is 1. The maximum absolute atomic E-state index is 14.7. The molecule has 4 N–H and O–H groups in total. The number of amides is 1. The third kappa shape index (κ3) is 5.43. The van der Waals surface area contributed by atoms with Gasteiger partial charge in [0.1, 0.15) is 22.2 Å². The minimum absolute atomic E-state index is 0.0200. The second-order valence-corrected chi connectivity index (χ2v) is 9.57. The first-order valence-electron chi connectivity index (χ1n) is 11.2. The fourth-order valence-corrected chi connectivity index (χ4v) is 4.12. The van der Waals surface area contributed by atoms with E-state index in [1.807, 2.05) is 0 Å². The monoisotopic (exact) mass is 532 g/mol. The summed E-state index contributed by atoms with van der Waals surface area (Å²) >= 11 is 7.67. The number of anilines is 3. The Morgan fingerprint density at radius 2 is 2.03 bits per heavy atom. The molecule has 0 spiro atoms. The predicted octanol–water partition coefficient (Wildman–Crippen LogP) is 4.81. The van der Waals surface area contributed by atoms with Crippen LogP contribution in [0.15, 0.2) is 35.3 Å². The molecule has 1 aliphatic carbocycles. The van der Waals surface area contributed by atoms with Crippen LogP contribution in [0.1, 0.15) is 34.3 Å². The third-order valence-corrected chi connectivity index (χ3v) is 6.46. The standard InChI is InChI=1S/C24H26ClFN6O3S/c1-12-5-8-16(15(26)11-12)30-22-18(23(33)29-14-6-7-14)20(13(2)24(34)32(22)4)35-17-9-10-28-21(19(17)25)31-36-27-3/h5,8-11,14,27,30H,6-7H2,1-4H3,(H,28,31)(H,29,33). The van der Waals surface area contributed by atoms with Gasteiger partial charge in [0.15, 0.2) is 17.3 Å². The van der Waals surface area contributed by atoms with Crippen molar-refractivity contribution in [1.29, 1.82) is 0 Å². The first-order valence-corrected chi connectivity index (χ1v) is 12.4. The molecule has 1 amide bonds. The van der Waals surface area contributed by atoms with E-state index in [0.29, 0.717) is 5.82 Å². The van der Waals surface area contributed by atoms with Crippen LogP contribution in [-0.4, -0.2) is 28.5 Å². The van der Waals surface area contributed by atoms with Crippen LogP contribution in [0, 0.1) is 19.7 Å². The predicted molar refractivity (Wildman–Crippen MR) is 141 cm³/mol. The highest BCUT2D eigenvalue weighted by atomic mass is 35.5. The van der Waals surface area contributed by atoms with Crippen LogP contribution in [0.2, 0.25) is 5.02 Å². The maximum atomic E-state index is 14.7. The van der Waals surface area contributed by atoms with Gasteiger partial charge in [0.25, 0.3) is 11.5 Å². The van der Waals surface area contributed by atoms with Crippen molar-refractivity contribution in [3.63, 3.8) is 0 Å². The molecule has 0 bridgehead atoms. The summed E-state index contributed by atoms with van der Waals surface area (Å²) in [5.74, 6) is -0.332. The van der Waals surface area contributed by atoms with Crippen LogP contribution in [0.25, 0.3) is 0 Å². The number of ether oxygens (including phenoxy) is 1. The van der Waals surface area contributed by atoms with Crippen LogP contribution in [0.5, 0.6) is 11.5 Å². The zero-order chi connectivity index (χ0) is 26.0. The number of nitrogens with zero attached hydrogens (tertiary/aromatic N) is 2. The number of aryl methyl sites for hydroxylation is 1. The number of hydrogen-bond donors (Lipinski definition) is 4. The second kappa shape index (κ2) is 10.8. The molecule has 9 nitrogen and oxygen atoms in total. The van der Waals surface area contributed by atoms with Crippen LogP contribution < -0.4 is 30.4 Å². The smallest absolute Gasteiger partial charge is 0.259 e. The number of halogens is 2. The molecule has 1 aromatic carbocycles. The molecule has 0 saturated heterocycles. The Hall–Kier alpha value is -3.28. The molecular weight excluding hydrogens is 507 g/mol. The van der Waals surface area contributed by atoms with Crippen molar-refractivity contribution >= 4 is 47.0 Å². The fourth-order valence-electron chi connectivity index (χ4n) is 3.52. The summed E-state index contributed by atoms with van der Waals surface area (Å²) in [6.45, 7) is 3.33. The zero-order valence-electron chi connectivity index (χ0n) is 20.2. The highest BCUT2D eigenvalue weighted by Crippen LogP contribution is 2.39. The molecule has 190 valence electrons. The summed E-state index contributed by atoms with van der Waals surface area (Å²) in [6.07, 6.45) is 3.20. The summed E-state index contributed by atoms with van der Waals surface area (Å²) in [4.78, 5) is 30.8. The van der Waals surface area contributed by atoms with Crippen LogP contribution >= 0.6 is 23.7 Å². The number of pyridine rings is 2. The lowest BCUT2D eigenvalue weighted by atomic mass is 10.1. The number of carbonyl (C=O) groups excluding carboxylic acids is 1. The van der Waals surface area contributed by atoms with Gasteiger partial charge in [-0.15, -0.1) is 0 Å². The average molecular weight is 533 g/mol. The lowest BCUT2D eigenvalue weighted by molar-refractivity contribution is 0.0948. The van der Waals surface area contributed by atoms with Gasteiger partial charge in [0.2, 0.25) is 0 Å². The molecule has 1 saturated carbocycles. The van der Waals surface area contributed by atoms with E-state index in [9.17, 15) is 14.0 Å². The third-order valence-electron chi connectivity index (χ3n) is 5.60. The Morgan fingerprint density at radius 1 is 1.28 bits per heavy atom. The van der Waals surface area contributed by atoms with Crippen LogP contribution in [0.4, 0.5) is 21.7 Å². The molecule has 4 rings (SSSR count). The molecule has 1 aliphatic rings. The molecule has 2 aromatic heterocycles. The van der Waals surface area contributed by atoms with Gasteiger partial charge in [-0.2, -0.15) is 0 Å². The van der Waals surface area contributed by atoms with E-state index < -0.39 is 17.3 Å². The van der Waals surface area contributed by atoms with Gasteiger partial charge in [-0.25, -0.2) is 14.1 Å². The van der Waals surface area contributed by atoms with Crippen molar-refractivity contribution in [3.8, 4) is 11.5 Å². The van der Waals surface area contributed by atoms with Crippen molar-refractivity contribution in [2.24, 2.45) is 7.05 Å². The minimum Gasteiger partial charge on any atom is -0.454 e. The number of benzene rings is 1. The van der Waals surface area contributed by atoms with Gasteiger partial charge in [-0.3, -0.25) is 18.9 Å². The van der Waals surface area contributed by atoms with Crippen LogP contribution in [0.3, 0.4) is 0 Å². The van der Waals surface area contributed by atoms with Gasteiger partial charge < -0.3 is 15.4 Å². The van der Waals surface area contributed by atoms with Gasteiger partial charge in [-0.1, -0.05) is 17.7 Å². The lowest BCUT2D eigenvalue weighted by Crippen LogP contribution is -2.31. The zero-order valence-corrected chi connectivity index (χ0v) is 21.7. The number of hydrogen-bond acceptors (Lipinski definition) is 8. The van der Waals surface area contributed by atoms with Crippen molar-refractivity contribution in [3.05, 3.63) is 68.3 Å². The first kappa shape index (κ1) is 25.8. The van der Waals surface area contributed by atoms with Gasteiger partial charge in [0.05, 0.1) is 11.3 Å². The Morgan fingerprint density at radius 3 is 2.69 bits per heavy atom. The molecule has 36 heavy (non-hydrogen) atoms. The first-order chi connectivity index (χ1) is 17.2. The van der Waals surface area contributed by atoms with E-state index in [2.05, 4.69) is 25.1 Å². The summed E-state index contributed by atoms with van der Waals surface area (Å²) in [5.41, 5.74) is 0.689. The summed E-state index contributed by atoms with van der Waals surface area (Å²) in [7, 11) is 3.24. The van der Waals surface area contributed by atoms with E-state index in [0.717, 1.165) is 30.5 Å². The summed E-state index contributed by atoms with van der Waals surface area (Å²) in [5, 5.41) is 6.03. The highest BCUT2D eigenvalue weighted by Gasteiger charge is 2.31. The Kier molecular flexibility index (Phi) is 7.72. The number of aromatic nitrogens is 2. The van der Waals surface area contributed by atoms with Crippen LogP contribution in [-0.2, 0) is 7.05 Å². The Bertz CT molecular complexity index is 1380. The van der Waals surface area contributed by atoms with E-state index in [1.165, 1.54) is 29.9 Å². The SMILES string of the molecule is CNSNc1nccc(Oc2c(C(=O)NC3CC3)c(Nc3ccc(C)cc3F)n(C)c(=O)c2C)c1Cl. The van der Waals surface area contributed by atoms with E-state index in [-0.39, 0.29) is 45.2 Å². The largest absolute Gasteiger partial charge is 0.454 e. The fraction of sp³-hybridized carbons (Fsp3) is 0.292. The quantitative estimate of drug-likeness (QED) is 0.291. The average Bonchev–Trinajstić information content (AvgIpc) is 3.66. The molecule has 2 heterocycles. The summed E-state index contributed by atoms with van der Waals surface area (Å²) in [6, 6.07) is 6.21. The molecule has 3 aromatic rings. The Labute approximate surface area is 217 Å². The molecular formula is C24H26ClFN6O3S. The summed E-state index contributed by atoms with van der Waals surface area (Å²) < 4.78 is 27.9.